The van der Waals surface area contributed by atoms with Gasteiger partial charge in [-0.3, -0.25) is 4.79 Å². The van der Waals surface area contributed by atoms with Crippen molar-refractivity contribution in [3.05, 3.63) is 0 Å². The molecule has 0 spiro atoms. The number of ether oxygens (including phenoxy) is 2. The maximum absolute atomic E-state index is 13.3. The molecule has 4 aliphatic carbocycles. The molecular weight excluding hydrogens is 402 g/mol. The van der Waals surface area contributed by atoms with Gasteiger partial charge in [0.25, 0.3) is 0 Å². The fourth-order valence-electron chi connectivity index (χ4n) is 7.26. The van der Waals surface area contributed by atoms with E-state index in [0.29, 0.717) is 11.8 Å². The standard InChI is InChI=1S/C27H47NO4/c1-7-11-26(12-8-2,13-9-3)32-23(30)28-25-15-20-14-21(16-25)18-27(17-20,19-25)31-22(29)24(5,6)10-4/h20-21H,7-19H2,1-6H3,(H,28,30). The highest BCUT2D eigenvalue weighted by Gasteiger charge is 2.61. The maximum Gasteiger partial charge on any atom is 0.408 e. The van der Waals surface area contributed by atoms with Gasteiger partial charge in [0.05, 0.1) is 5.41 Å². The highest BCUT2D eigenvalue weighted by Crippen LogP contribution is 2.59. The Morgan fingerprint density at radius 1 is 0.906 bits per heavy atom. The van der Waals surface area contributed by atoms with Crippen molar-refractivity contribution in [3.63, 3.8) is 0 Å². The summed E-state index contributed by atoms with van der Waals surface area (Å²) in [4.78, 5) is 26.2. The summed E-state index contributed by atoms with van der Waals surface area (Å²) in [5, 5.41) is 3.35. The average Bonchev–Trinajstić information content (AvgIpc) is 2.66. The first-order valence-electron chi connectivity index (χ1n) is 13.3. The van der Waals surface area contributed by atoms with E-state index in [9.17, 15) is 9.59 Å². The number of esters is 1. The number of carbonyl (C=O) groups is 2. The van der Waals surface area contributed by atoms with Crippen LogP contribution in [0.3, 0.4) is 0 Å². The molecule has 2 atom stereocenters. The van der Waals surface area contributed by atoms with Crippen molar-refractivity contribution in [2.45, 2.75) is 142 Å². The highest BCUT2D eigenvalue weighted by atomic mass is 16.6. The van der Waals surface area contributed by atoms with Gasteiger partial charge < -0.3 is 14.8 Å². The summed E-state index contributed by atoms with van der Waals surface area (Å²) >= 11 is 0. The summed E-state index contributed by atoms with van der Waals surface area (Å²) in [7, 11) is 0. The molecule has 1 amide bonds. The van der Waals surface area contributed by atoms with Crippen molar-refractivity contribution in [3.8, 4) is 0 Å². The normalized spacial score (nSPS) is 31.4. The van der Waals surface area contributed by atoms with Gasteiger partial charge in [0.2, 0.25) is 0 Å². The minimum Gasteiger partial charge on any atom is -0.459 e. The number of amides is 1. The lowest BCUT2D eigenvalue weighted by Gasteiger charge is -2.61. The van der Waals surface area contributed by atoms with Crippen molar-refractivity contribution in [2.75, 3.05) is 0 Å². The molecule has 0 aromatic carbocycles. The van der Waals surface area contributed by atoms with Crippen LogP contribution < -0.4 is 5.32 Å². The van der Waals surface area contributed by atoms with Gasteiger partial charge in [0.15, 0.2) is 0 Å². The molecule has 0 radical (unpaired) electrons. The van der Waals surface area contributed by atoms with Gasteiger partial charge in [0, 0.05) is 12.0 Å². The molecular formula is C27H47NO4. The lowest BCUT2D eigenvalue weighted by atomic mass is 9.51. The van der Waals surface area contributed by atoms with Crippen LogP contribution in [-0.4, -0.2) is 28.8 Å². The lowest BCUT2D eigenvalue weighted by Crippen LogP contribution is -2.67. The number of nitrogens with one attached hydrogen (secondary N) is 1. The number of alkyl carbamates (subject to hydrolysis) is 1. The monoisotopic (exact) mass is 449 g/mol. The molecule has 0 saturated heterocycles. The van der Waals surface area contributed by atoms with E-state index in [4.69, 9.17) is 9.47 Å². The highest BCUT2D eigenvalue weighted by molar-refractivity contribution is 5.76. The number of rotatable bonds is 11. The molecule has 4 saturated carbocycles. The zero-order valence-corrected chi connectivity index (χ0v) is 21.5. The summed E-state index contributed by atoms with van der Waals surface area (Å²) in [5.41, 5.74) is -1.55. The summed E-state index contributed by atoms with van der Waals surface area (Å²) in [6, 6.07) is 0. The second-order valence-electron chi connectivity index (χ2n) is 12.0. The van der Waals surface area contributed by atoms with Crippen LogP contribution in [0.25, 0.3) is 0 Å². The second kappa shape index (κ2) is 9.54. The van der Waals surface area contributed by atoms with E-state index in [-0.39, 0.29) is 23.2 Å². The van der Waals surface area contributed by atoms with E-state index in [1.165, 1.54) is 6.42 Å². The Balaban J connectivity index is 1.75. The van der Waals surface area contributed by atoms with E-state index >= 15 is 0 Å². The van der Waals surface area contributed by atoms with Crippen LogP contribution in [0, 0.1) is 17.3 Å². The molecule has 0 aliphatic heterocycles. The maximum atomic E-state index is 13.3. The fraction of sp³-hybridized carbons (Fsp3) is 0.926. The van der Waals surface area contributed by atoms with E-state index in [1.807, 2.05) is 20.8 Å². The molecule has 0 aromatic rings. The minimum absolute atomic E-state index is 0.0902. The van der Waals surface area contributed by atoms with Crippen LogP contribution in [0.5, 0.6) is 0 Å². The quantitative estimate of drug-likeness (QED) is 0.348. The summed E-state index contributed by atoms with van der Waals surface area (Å²) in [5.74, 6) is 0.939. The van der Waals surface area contributed by atoms with E-state index in [1.54, 1.807) is 0 Å². The third-order valence-corrected chi connectivity index (χ3v) is 8.55. The Morgan fingerprint density at radius 3 is 1.91 bits per heavy atom. The third kappa shape index (κ3) is 5.28. The van der Waals surface area contributed by atoms with Crippen LogP contribution in [0.2, 0.25) is 0 Å². The molecule has 1 N–H and O–H groups in total. The van der Waals surface area contributed by atoms with Gasteiger partial charge in [-0.05, 0) is 83.5 Å². The zero-order chi connectivity index (χ0) is 23.6. The molecule has 184 valence electrons. The van der Waals surface area contributed by atoms with E-state index in [2.05, 4.69) is 26.1 Å². The first-order chi connectivity index (χ1) is 15.0. The Bertz CT molecular complexity index is 654. The van der Waals surface area contributed by atoms with Crippen LogP contribution in [-0.2, 0) is 14.3 Å². The van der Waals surface area contributed by atoms with Crippen molar-refractivity contribution < 1.29 is 19.1 Å². The predicted octanol–water partition coefficient (Wildman–Crippen LogP) is 6.92. The molecule has 5 nitrogen and oxygen atoms in total. The SMILES string of the molecule is CCCC(CCC)(CCC)OC(=O)NC12CC3CC(C1)CC(OC(=O)C(C)(C)CC)(C3)C2. The Kier molecular flexibility index (Phi) is 7.56. The van der Waals surface area contributed by atoms with Gasteiger partial charge in [-0.1, -0.05) is 47.0 Å². The van der Waals surface area contributed by atoms with Gasteiger partial charge >= 0.3 is 12.1 Å². The van der Waals surface area contributed by atoms with Gasteiger partial charge in [-0.15, -0.1) is 0 Å². The molecule has 4 fully saturated rings. The van der Waals surface area contributed by atoms with Crippen molar-refractivity contribution >= 4 is 12.1 Å². The molecule has 4 bridgehead atoms. The largest absolute Gasteiger partial charge is 0.459 e. The number of carbonyl (C=O) groups excluding carboxylic acids is 2. The summed E-state index contributed by atoms with van der Waals surface area (Å²) in [6.07, 6.45) is 12.0. The Labute approximate surface area is 195 Å². The molecule has 32 heavy (non-hydrogen) atoms. The summed E-state index contributed by atoms with van der Waals surface area (Å²) < 4.78 is 12.5. The van der Waals surface area contributed by atoms with Crippen molar-refractivity contribution in [1.82, 2.24) is 5.32 Å². The van der Waals surface area contributed by atoms with Crippen LogP contribution in [0.15, 0.2) is 0 Å². The molecule has 5 heteroatoms. The number of hydrogen-bond donors (Lipinski definition) is 1. The zero-order valence-electron chi connectivity index (χ0n) is 21.5. The van der Waals surface area contributed by atoms with Gasteiger partial charge in [0.1, 0.15) is 11.2 Å². The minimum atomic E-state index is -0.469. The molecule has 2 unspecified atom stereocenters. The van der Waals surface area contributed by atoms with E-state index in [0.717, 1.165) is 77.0 Å². The smallest absolute Gasteiger partial charge is 0.408 e. The van der Waals surface area contributed by atoms with Crippen LogP contribution in [0.1, 0.15) is 125 Å². The molecule has 0 aromatic heterocycles. The second-order valence-corrected chi connectivity index (χ2v) is 12.0. The van der Waals surface area contributed by atoms with Crippen LogP contribution in [0.4, 0.5) is 4.79 Å². The molecule has 4 rings (SSSR count). The van der Waals surface area contributed by atoms with Crippen molar-refractivity contribution in [1.29, 1.82) is 0 Å². The topological polar surface area (TPSA) is 64.6 Å². The Morgan fingerprint density at radius 2 is 1.44 bits per heavy atom. The van der Waals surface area contributed by atoms with Gasteiger partial charge in [-0.25, -0.2) is 4.79 Å². The average molecular weight is 450 g/mol. The van der Waals surface area contributed by atoms with Gasteiger partial charge in [-0.2, -0.15) is 0 Å². The first kappa shape index (κ1) is 25.4. The van der Waals surface area contributed by atoms with E-state index < -0.39 is 11.0 Å². The number of hydrogen-bond acceptors (Lipinski definition) is 4. The predicted molar refractivity (Wildman–Crippen MR) is 127 cm³/mol. The first-order valence-corrected chi connectivity index (χ1v) is 13.3. The molecule has 4 aliphatic rings. The van der Waals surface area contributed by atoms with Crippen molar-refractivity contribution in [2.24, 2.45) is 17.3 Å². The Hall–Kier alpha value is -1.26. The van der Waals surface area contributed by atoms with Crippen LogP contribution >= 0.6 is 0 Å². The summed E-state index contributed by atoms with van der Waals surface area (Å²) in [6.45, 7) is 12.5. The molecule has 0 heterocycles. The lowest BCUT2D eigenvalue weighted by molar-refractivity contribution is -0.200. The fourth-order valence-corrected chi connectivity index (χ4v) is 7.26. The third-order valence-electron chi connectivity index (χ3n) is 8.55.